The Labute approximate surface area is 236 Å². The van der Waals surface area contributed by atoms with Crippen LogP contribution < -0.4 is 19.9 Å². The number of methoxy groups -OCH3 is 1. The topological polar surface area (TPSA) is 148 Å². The molecule has 0 radical (unpaired) electrons. The maximum absolute atomic E-state index is 13.5. The molecular weight excluding hydrogens is 540 g/mol. The Bertz CT molecular complexity index is 1610. The Morgan fingerprint density at radius 3 is 2.45 bits per heavy atom. The lowest BCUT2D eigenvalue weighted by Gasteiger charge is -2.22. The maximum atomic E-state index is 13.5. The molecule has 0 spiro atoms. The number of hydrazone groups is 1. The maximum Gasteiger partial charge on any atom is 0.325 e. The third kappa shape index (κ3) is 6.64. The predicted octanol–water partition coefficient (Wildman–Crippen LogP) is 2.88. The highest BCUT2D eigenvalue weighted by atomic mass is 35.5. The van der Waals surface area contributed by atoms with Gasteiger partial charge in [-0.25, -0.2) is 5.43 Å². The van der Waals surface area contributed by atoms with E-state index in [2.05, 4.69) is 15.8 Å². The average molecular weight is 572 g/mol. The number of nitrogens with zero attached hydrogens (tertiary/aromatic N) is 4. The van der Waals surface area contributed by atoms with E-state index in [-0.39, 0.29) is 29.0 Å². The number of carbonyl (C=O) groups is 3. The lowest BCUT2D eigenvalue weighted by molar-refractivity contribution is -0.862. The first-order chi connectivity index (χ1) is 18.6. The van der Waals surface area contributed by atoms with Gasteiger partial charge in [0.05, 0.1) is 50.9 Å². The van der Waals surface area contributed by atoms with E-state index in [0.29, 0.717) is 41.2 Å². The third-order valence-electron chi connectivity index (χ3n) is 6.08. The minimum Gasteiger partial charge on any atom is -0.805 e. The fraction of sp³-hybridized carbons (Fsp3) is 0.333. The summed E-state index contributed by atoms with van der Waals surface area (Å²) in [4.78, 5) is 52.5. The lowest BCUT2D eigenvalue weighted by atomic mass is 10.1. The van der Waals surface area contributed by atoms with Crippen molar-refractivity contribution in [1.29, 1.82) is 0 Å². The Hall–Kier alpha value is -4.29. The van der Waals surface area contributed by atoms with E-state index < -0.39 is 29.7 Å². The molecule has 0 atom stereocenters. The molecule has 0 aliphatic carbocycles. The van der Waals surface area contributed by atoms with Gasteiger partial charge in [-0.2, -0.15) is 5.10 Å². The van der Waals surface area contributed by atoms with E-state index in [1.807, 2.05) is 0 Å². The van der Waals surface area contributed by atoms with Crippen molar-refractivity contribution in [3.05, 3.63) is 68.0 Å². The van der Waals surface area contributed by atoms with Gasteiger partial charge in [0.15, 0.2) is 6.54 Å². The molecule has 0 saturated carbocycles. The molecule has 0 fully saturated rings. The first-order valence-corrected chi connectivity index (χ1v) is 12.6. The molecule has 0 aliphatic rings. The monoisotopic (exact) mass is 571 g/mol. The summed E-state index contributed by atoms with van der Waals surface area (Å²) in [6, 6.07) is 7.77. The highest BCUT2D eigenvalue weighted by Crippen LogP contribution is 2.25. The van der Waals surface area contributed by atoms with Crippen LogP contribution in [0.3, 0.4) is 0 Å². The molecule has 1 heterocycles. The second kappa shape index (κ2) is 11.8. The highest BCUT2D eigenvalue weighted by Gasteiger charge is 2.31. The van der Waals surface area contributed by atoms with Crippen molar-refractivity contribution >= 4 is 51.6 Å². The molecule has 0 aliphatic heterocycles. The van der Waals surface area contributed by atoms with Gasteiger partial charge in [-0.3, -0.25) is 14.4 Å². The van der Waals surface area contributed by atoms with E-state index in [0.717, 1.165) is 0 Å². The van der Waals surface area contributed by atoms with Gasteiger partial charge in [0.1, 0.15) is 17.0 Å². The minimum atomic E-state index is -0.851. The van der Waals surface area contributed by atoms with Gasteiger partial charge in [-0.1, -0.05) is 17.7 Å². The number of halogens is 1. The van der Waals surface area contributed by atoms with Gasteiger partial charge in [0, 0.05) is 15.6 Å². The summed E-state index contributed by atoms with van der Waals surface area (Å²) in [5.41, 5.74) is 2.86. The van der Waals surface area contributed by atoms with Crippen LogP contribution in [0.4, 0.5) is 5.69 Å². The number of fused-ring (bicyclic) bond motifs is 1. The first kappa shape index (κ1) is 30.3. The number of amides is 2. The number of ketones is 1. The van der Waals surface area contributed by atoms with Crippen molar-refractivity contribution in [2.45, 2.75) is 27.2 Å². The van der Waals surface area contributed by atoms with Crippen LogP contribution in [0.5, 0.6) is 5.75 Å². The zero-order valence-corrected chi connectivity index (χ0v) is 24.2. The average Bonchev–Trinajstić information content (AvgIpc) is 2.86. The van der Waals surface area contributed by atoms with Crippen LogP contribution in [0.1, 0.15) is 33.7 Å². The molecule has 0 unspecified atom stereocenters. The Morgan fingerprint density at radius 1 is 1.15 bits per heavy atom. The molecule has 12 nitrogen and oxygen atoms in total. The Kier molecular flexibility index (Phi) is 8.96. The van der Waals surface area contributed by atoms with Crippen LogP contribution in [0.15, 0.2) is 35.4 Å². The summed E-state index contributed by atoms with van der Waals surface area (Å²) < 4.78 is 6.39. The molecule has 1 aromatic heterocycles. The fourth-order valence-electron chi connectivity index (χ4n) is 4.01. The van der Waals surface area contributed by atoms with Crippen molar-refractivity contribution < 1.29 is 28.0 Å². The summed E-state index contributed by atoms with van der Waals surface area (Å²) in [6.07, 6.45) is -0.687. The number of quaternary nitrogens is 1. The molecule has 212 valence electrons. The standard InChI is InChI=1S/C27H31ClN6O6/c1-15-11-21-22(13-24(15)40-7)33(39)26(17(3)32(21)38)23(35)12-20(30-31-25(36)14-34(4,5)6)27(37)29-19-10-8-9-18(28)16(19)2/h8-11,13H,12,14H2,1-7H3,(H-,29,31,36,37)/p+1. The zero-order valence-electron chi connectivity index (χ0n) is 23.4. The van der Waals surface area contributed by atoms with Crippen LogP contribution in [0.25, 0.3) is 11.0 Å². The van der Waals surface area contributed by atoms with Gasteiger partial charge in [-0.15, -0.1) is 0 Å². The van der Waals surface area contributed by atoms with Crippen LogP contribution in [-0.2, 0) is 9.59 Å². The molecular formula is C27H32ClN6O6+. The summed E-state index contributed by atoms with van der Waals surface area (Å²) in [6.45, 7) is 4.80. The summed E-state index contributed by atoms with van der Waals surface area (Å²) in [5.74, 6) is -1.79. The van der Waals surface area contributed by atoms with Gasteiger partial charge in [-0.05, 0) is 50.1 Å². The van der Waals surface area contributed by atoms with Crippen LogP contribution in [0.2, 0.25) is 5.02 Å². The first-order valence-electron chi connectivity index (χ1n) is 12.2. The summed E-state index contributed by atoms with van der Waals surface area (Å²) in [7, 11) is 6.82. The van der Waals surface area contributed by atoms with Crippen molar-refractivity contribution in [3.8, 4) is 5.75 Å². The second-order valence-corrected chi connectivity index (χ2v) is 10.7. The molecule has 0 bridgehead atoms. The number of likely N-dealkylation sites (N-methyl/N-ethyl adjacent to an activating group) is 1. The number of anilines is 1. The Morgan fingerprint density at radius 2 is 1.82 bits per heavy atom. The van der Waals surface area contributed by atoms with Gasteiger partial charge in [0.2, 0.25) is 5.78 Å². The van der Waals surface area contributed by atoms with Crippen molar-refractivity contribution in [3.63, 3.8) is 0 Å². The van der Waals surface area contributed by atoms with Gasteiger partial charge >= 0.3 is 5.69 Å². The lowest BCUT2D eigenvalue weighted by Crippen LogP contribution is -2.43. The number of aryl methyl sites for hydroxylation is 1. The number of hydrogen-bond donors (Lipinski definition) is 2. The van der Waals surface area contributed by atoms with E-state index in [1.165, 1.54) is 26.2 Å². The SMILES string of the molecule is COc1cc2c(cc1C)n([O-])c(C)c(C(=O)CC(=NNC(=O)C[N+](C)(C)C)C(=O)Nc1cccc(Cl)c1C)[n+]2=O. The van der Waals surface area contributed by atoms with Crippen molar-refractivity contribution in [2.75, 3.05) is 40.1 Å². The normalized spacial score (nSPS) is 11.8. The van der Waals surface area contributed by atoms with E-state index >= 15 is 0 Å². The molecule has 2 N–H and O–H groups in total. The molecule has 2 aromatic carbocycles. The fourth-order valence-corrected chi connectivity index (χ4v) is 4.18. The largest absolute Gasteiger partial charge is 0.805 e. The predicted molar refractivity (Wildman–Crippen MR) is 152 cm³/mol. The second-order valence-electron chi connectivity index (χ2n) is 10.3. The molecule has 40 heavy (non-hydrogen) atoms. The van der Waals surface area contributed by atoms with E-state index in [4.69, 9.17) is 16.3 Å². The molecule has 2 amide bonds. The van der Waals surface area contributed by atoms with Crippen LogP contribution >= 0.6 is 11.6 Å². The van der Waals surface area contributed by atoms with E-state index in [1.54, 1.807) is 53.2 Å². The summed E-state index contributed by atoms with van der Waals surface area (Å²) >= 11 is 6.16. The summed E-state index contributed by atoms with van der Waals surface area (Å²) in [5, 5.41) is 20.0. The molecule has 13 heteroatoms. The number of hydrogen-bond acceptors (Lipinski definition) is 7. The molecule has 3 aromatic rings. The number of carbonyl (C=O) groups excluding carboxylic acids is 3. The minimum absolute atomic E-state index is 0.0432. The number of Topliss-reactive ketones (excluding diaryl/α,β-unsaturated/α-hetero) is 1. The molecule has 0 saturated heterocycles. The number of ether oxygens (including phenoxy) is 1. The number of rotatable bonds is 9. The van der Waals surface area contributed by atoms with Crippen molar-refractivity contribution in [2.24, 2.45) is 5.10 Å². The van der Waals surface area contributed by atoms with E-state index in [9.17, 15) is 24.5 Å². The Balaban J connectivity index is 2.04. The van der Waals surface area contributed by atoms with Crippen LogP contribution in [-0.4, -0.2) is 67.3 Å². The van der Waals surface area contributed by atoms with Gasteiger partial charge in [0.25, 0.3) is 17.3 Å². The third-order valence-corrected chi connectivity index (χ3v) is 6.49. The van der Waals surface area contributed by atoms with Gasteiger partial charge < -0.3 is 24.5 Å². The number of benzene rings is 2. The quantitative estimate of drug-likeness (QED) is 0.133. The van der Waals surface area contributed by atoms with Crippen LogP contribution in [0, 0.1) is 30.9 Å². The number of aromatic nitrogens is 2. The highest BCUT2D eigenvalue weighted by molar-refractivity contribution is 6.46. The smallest absolute Gasteiger partial charge is 0.325 e. The zero-order chi connectivity index (χ0) is 29.9. The molecule has 3 rings (SSSR count). The number of nitrogens with one attached hydrogen (secondary N) is 2. The van der Waals surface area contributed by atoms with Crippen molar-refractivity contribution in [1.82, 2.24) is 10.2 Å².